The number of amides is 1. The molecule has 0 fully saturated rings. The Balaban J connectivity index is 1.82. The lowest BCUT2D eigenvalue weighted by Crippen LogP contribution is -2.34. The van der Waals surface area contributed by atoms with E-state index in [2.05, 4.69) is 20.6 Å². The molecule has 2 atom stereocenters. The molecule has 38 heavy (non-hydrogen) atoms. The molecule has 0 aliphatic rings. The number of hydrogen-bond donors (Lipinski definition) is 3. The fourth-order valence-electron chi connectivity index (χ4n) is 3.64. The molecule has 0 radical (unpaired) electrons. The van der Waals surface area contributed by atoms with E-state index in [0.29, 0.717) is 40.3 Å². The van der Waals surface area contributed by atoms with E-state index in [1.807, 2.05) is 6.07 Å². The number of ether oxygens (including phenoxy) is 2. The van der Waals surface area contributed by atoms with Crippen LogP contribution in [0.5, 0.6) is 11.5 Å². The van der Waals surface area contributed by atoms with E-state index in [9.17, 15) is 13.6 Å². The molecule has 0 saturated carbocycles. The van der Waals surface area contributed by atoms with Crippen molar-refractivity contribution in [2.75, 3.05) is 29.2 Å². The van der Waals surface area contributed by atoms with Crippen molar-refractivity contribution in [1.29, 1.82) is 0 Å². The monoisotopic (exact) mass is 535 g/mol. The van der Waals surface area contributed by atoms with Gasteiger partial charge in [0, 0.05) is 29.6 Å². The maximum absolute atomic E-state index is 12.6. The normalized spacial score (nSPS) is 12.4. The summed E-state index contributed by atoms with van der Waals surface area (Å²) < 4.78 is 36.9. The highest BCUT2D eigenvalue weighted by molar-refractivity contribution is 7.81. The van der Waals surface area contributed by atoms with Crippen LogP contribution in [0.3, 0.4) is 0 Å². The summed E-state index contributed by atoms with van der Waals surface area (Å²) in [4.78, 5) is 21.6. The minimum absolute atomic E-state index is 0.0209. The SMILES string of the molecule is CC[C@H](N)C(=O)Nc1cccc(N(c2nc3ccccc3nc2Nc2cc(OC)cc(OC)c2)S(=O)[O-])c1. The highest BCUT2D eigenvalue weighted by atomic mass is 32.2. The van der Waals surface area contributed by atoms with Crippen molar-refractivity contribution in [2.24, 2.45) is 5.73 Å². The third-order valence-electron chi connectivity index (χ3n) is 5.63. The number of carbonyl (C=O) groups excluding carboxylic acids is 1. The number of nitrogens with two attached hydrogens (primary N) is 1. The zero-order chi connectivity index (χ0) is 27.2. The van der Waals surface area contributed by atoms with Crippen LogP contribution in [0, 0.1) is 0 Å². The van der Waals surface area contributed by atoms with Crippen LogP contribution in [0.25, 0.3) is 11.0 Å². The van der Waals surface area contributed by atoms with Gasteiger partial charge in [0.05, 0.1) is 48.2 Å². The molecule has 0 aliphatic heterocycles. The molecule has 11 nitrogen and oxygen atoms in total. The second-order valence-corrected chi connectivity index (χ2v) is 8.98. The number of benzene rings is 3. The van der Waals surface area contributed by atoms with Gasteiger partial charge in [-0.3, -0.25) is 13.3 Å². The van der Waals surface area contributed by atoms with Crippen molar-refractivity contribution in [3.63, 3.8) is 0 Å². The molecule has 1 amide bonds. The molecular formula is C26H27N6O5S-. The van der Waals surface area contributed by atoms with Crippen LogP contribution in [-0.2, 0) is 16.1 Å². The predicted octanol–water partition coefficient (Wildman–Crippen LogP) is 4.00. The molecule has 4 aromatic rings. The smallest absolute Gasteiger partial charge is 0.241 e. The number of hydrogen-bond acceptors (Lipinski definition) is 9. The summed E-state index contributed by atoms with van der Waals surface area (Å²) in [7, 11) is 3.06. The number of carbonyl (C=O) groups is 1. The van der Waals surface area contributed by atoms with Gasteiger partial charge >= 0.3 is 0 Å². The first kappa shape index (κ1) is 26.8. The van der Waals surface area contributed by atoms with Crippen molar-refractivity contribution < 1.29 is 23.0 Å². The average Bonchev–Trinajstić information content (AvgIpc) is 2.92. The lowest BCUT2D eigenvalue weighted by molar-refractivity contribution is -0.117. The zero-order valence-electron chi connectivity index (χ0n) is 21.0. The summed E-state index contributed by atoms with van der Waals surface area (Å²) in [5.41, 5.74) is 8.03. The van der Waals surface area contributed by atoms with Crippen molar-refractivity contribution in [3.8, 4) is 11.5 Å². The van der Waals surface area contributed by atoms with E-state index in [0.717, 1.165) is 4.31 Å². The van der Waals surface area contributed by atoms with Gasteiger partial charge in [-0.2, -0.15) is 0 Å². The molecular weight excluding hydrogens is 508 g/mol. The van der Waals surface area contributed by atoms with Crippen molar-refractivity contribution in [1.82, 2.24) is 9.97 Å². The number of aromatic nitrogens is 2. The van der Waals surface area contributed by atoms with Crippen LogP contribution in [0.15, 0.2) is 66.7 Å². The average molecular weight is 536 g/mol. The summed E-state index contributed by atoms with van der Waals surface area (Å²) in [6, 6.07) is 17.9. The van der Waals surface area contributed by atoms with Crippen LogP contribution >= 0.6 is 0 Å². The molecule has 1 aromatic heterocycles. The van der Waals surface area contributed by atoms with Crippen LogP contribution in [0.1, 0.15) is 13.3 Å². The number of methoxy groups -OCH3 is 2. The second kappa shape index (κ2) is 11.9. The Bertz CT molecular complexity index is 1460. The van der Waals surface area contributed by atoms with Gasteiger partial charge in [-0.15, -0.1) is 0 Å². The van der Waals surface area contributed by atoms with Gasteiger partial charge in [-0.05, 0) is 36.8 Å². The number of rotatable bonds is 10. The van der Waals surface area contributed by atoms with Gasteiger partial charge in [-0.1, -0.05) is 25.1 Å². The number of para-hydroxylation sites is 2. The van der Waals surface area contributed by atoms with Gasteiger partial charge in [0.2, 0.25) is 5.91 Å². The van der Waals surface area contributed by atoms with E-state index in [1.54, 1.807) is 61.5 Å². The fraction of sp³-hybridized carbons (Fsp3) is 0.192. The Hall–Kier alpha value is -4.26. The third kappa shape index (κ3) is 5.99. The van der Waals surface area contributed by atoms with Gasteiger partial charge in [0.1, 0.15) is 11.5 Å². The van der Waals surface area contributed by atoms with Gasteiger partial charge in [-0.25, -0.2) is 9.97 Å². The van der Waals surface area contributed by atoms with Crippen LogP contribution in [0.2, 0.25) is 0 Å². The Labute approximate surface area is 222 Å². The van der Waals surface area contributed by atoms with E-state index < -0.39 is 17.3 Å². The Kier molecular flexibility index (Phi) is 8.36. The molecule has 3 aromatic carbocycles. The van der Waals surface area contributed by atoms with E-state index >= 15 is 0 Å². The molecule has 12 heteroatoms. The highest BCUT2D eigenvalue weighted by Crippen LogP contribution is 2.36. The molecule has 1 unspecified atom stereocenters. The maximum Gasteiger partial charge on any atom is 0.241 e. The van der Waals surface area contributed by atoms with Crippen LogP contribution in [0.4, 0.5) is 28.7 Å². The summed E-state index contributed by atoms with van der Waals surface area (Å²) >= 11 is -2.81. The molecule has 4 rings (SSSR count). The van der Waals surface area contributed by atoms with Crippen molar-refractivity contribution >= 4 is 56.9 Å². The van der Waals surface area contributed by atoms with E-state index in [1.165, 1.54) is 20.3 Å². The van der Waals surface area contributed by atoms with Gasteiger partial charge in [0.25, 0.3) is 0 Å². The summed E-state index contributed by atoms with van der Waals surface area (Å²) in [5, 5.41) is 5.87. The first-order chi connectivity index (χ1) is 18.3. The zero-order valence-corrected chi connectivity index (χ0v) is 21.8. The second-order valence-electron chi connectivity index (χ2n) is 8.18. The largest absolute Gasteiger partial charge is 0.755 e. The fourth-order valence-corrected chi connectivity index (χ4v) is 4.20. The lowest BCUT2D eigenvalue weighted by atomic mass is 10.2. The topological polar surface area (TPSA) is 155 Å². The van der Waals surface area contributed by atoms with E-state index in [-0.39, 0.29) is 23.2 Å². The minimum atomic E-state index is -2.81. The number of nitrogens with zero attached hydrogens (tertiary/aromatic N) is 3. The summed E-state index contributed by atoms with van der Waals surface area (Å²) in [6.45, 7) is 1.80. The maximum atomic E-state index is 12.6. The van der Waals surface area contributed by atoms with Gasteiger partial charge in [0.15, 0.2) is 11.6 Å². The van der Waals surface area contributed by atoms with Crippen LogP contribution < -0.4 is 30.1 Å². The Morgan fingerprint density at radius 1 is 1.00 bits per heavy atom. The number of anilines is 5. The molecule has 0 aliphatic carbocycles. The number of fused-ring (bicyclic) bond motifs is 1. The van der Waals surface area contributed by atoms with Crippen molar-refractivity contribution in [3.05, 3.63) is 66.7 Å². The predicted molar refractivity (Wildman–Crippen MR) is 147 cm³/mol. The van der Waals surface area contributed by atoms with E-state index in [4.69, 9.17) is 15.2 Å². The third-order valence-corrected chi connectivity index (χ3v) is 6.31. The summed E-state index contributed by atoms with van der Waals surface area (Å²) in [5.74, 6) is 0.873. The van der Waals surface area contributed by atoms with Gasteiger partial charge < -0.3 is 30.4 Å². The summed E-state index contributed by atoms with van der Waals surface area (Å²) in [6.07, 6.45) is 0.457. The van der Waals surface area contributed by atoms with Crippen molar-refractivity contribution in [2.45, 2.75) is 19.4 Å². The van der Waals surface area contributed by atoms with Crippen LogP contribution in [-0.4, -0.2) is 44.9 Å². The molecule has 0 saturated heterocycles. The molecule has 1 heterocycles. The highest BCUT2D eigenvalue weighted by Gasteiger charge is 2.21. The Morgan fingerprint density at radius 2 is 1.66 bits per heavy atom. The molecule has 0 spiro atoms. The lowest BCUT2D eigenvalue weighted by Gasteiger charge is -2.27. The Morgan fingerprint density at radius 3 is 2.26 bits per heavy atom. The quantitative estimate of drug-likeness (QED) is 0.256. The molecule has 4 N–H and O–H groups in total. The number of nitrogens with one attached hydrogen (secondary N) is 2. The first-order valence-corrected chi connectivity index (χ1v) is 12.7. The molecule has 0 bridgehead atoms. The first-order valence-electron chi connectivity index (χ1n) is 11.7. The standard InChI is InChI=1S/C26H28N6O5S/c1-4-21(27)26(33)29-16-8-7-9-18(12-16)32(38(34)35)25-24(30-22-10-5-6-11-23(22)31-25)28-17-13-19(36-2)15-20(14-17)37-3/h5-15,21H,4,27H2,1-3H3,(H,28,30)(H,29,33)(H,34,35)/p-1/t21-/m0/s1. The minimum Gasteiger partial charge on any atom is -0.755 e. The molecule has 198 valence electrons.